The van der Waals surface area contributed by atoms with Crippen LogP contribution in [-0.2, 0) is 13.0 Å². The van der Waals surface area contributed by atoms with Crippen molar-refractivity contribution in [2.45, 2.75) is 46.1 Å². The van der Waals surface area contributed by atoms with Crippen LogP contribution in [0.2, 0.25) is 0 Å². The molecule has 1 aromatic heterocycles. The minimum Gasteiger partial charge on any atom is -0.319 e. The van der Waals surface area contributed by atoms with E-state index < -0.39 is 0 Å². The first-order valence-electron chi connectivity index (χ1n) is 7.25. The molecule has 1 aliphatic rings. The standard InChI is InChI=1S/C14H26N4/c1-4-18-14(16-10-17-18)8-13-7-11(2)5-6-12(13)9-15-3/h10-13,15H,4-9H2,1-3H3. The Bertz CT molecular complexity index is 360. The number of aryl methyl sites for hydroxylation is 1. The molecule has 4 nitrogen and oxygen atoms in total. The Hall–Kier alpha value is -0.900. The van der Waals surface area contributed by atoms with E-state index in [0.717, 1.165) is 43.1 Å². The van der Waals surface area contributed by atoms with Gasteiger partial charge in [0.2, 0.25) is 0 Å². The summed E-state index contributed by atoms with van der Waals surface area (Å²) in [5, 5.41) is 7.63. The molecule has 3 unspecified atom stereocenters. The topological polar surface area (TPSA) is 42.7 Å². The van der Waals surface area contributed by atoms with Gasteiger partial charge in [0.1, 0.15) is 12.2 Å². The highest BCUT2D eigenvalue weighted by molar-refractivity contribution is 4.91. The number of rotatable bonds is 5. The molecule has 0 spiro atoms. The van der Waals surface area contributed by atoms with Crippen LogP contribution in [0.25, 0.3) is 0 Å². The zero-order valence-corrected chi connectivity index (χ0v) is 11.9. The van der Waals surface area contributed by atoms with E-state index in [1.165, 1.54) is 19.3 Å². The third-order valence-corrected chi connectivity index (χ3v) is 4.31. The van der Waals surface area contributed by atoms with Gasteiger partial charge in [-0.25, -0.2) is 4.98 Å². The molecule has 0 amide bonds. The molecule has 0 bridgehead atoms. The molecule has 0 radical (unpaired) electrons. The van der Waals surface area contributed by atoms with Crippen LogP contribution in [0.15, 0.2) is 6.33 Å². The maximum absolute atomic E-state index is 4.43. The average Bonchev–Trinajstić information content (AvgIpc) is 2.80. The minimum atomic E-state index is 0.760. The number of nitrogens with one attached hydrogen (secondary N) is 1. The van der Waals surface area contributed by atoms with Gasteiger partial charge in [-0.15, -0.1) is 0 Å². The van der Waals surface area contributed by atoms with Gasteiger partial charge < -0.3 is 5.32 Å². The summed E-state index contributed by atoms with van der Waals surface area (Å²) in [5.41, 5.74) is 0. The van der Waals surface area contributed by atoms with E-state index in [2.05, 4.69) is 36.3 Å². The molecule has 1 N–H and O–H groups in total. The Balaban J connectivity index is 2.04. The third kappa shape index (κ3) is 3.10. The molecule has 3 atom stereocenters. The highest BCUT2D eigenvalue weighted by atomic mass is 15.3. The van der Waals surface area contributed by atoms with Crippen molar-refractivity contribution in [3.63, 3.8) is 0 Å². The van der Waals surface area contributed by atoms with Crippen molar-refractivity contribution in [1.29, 1.82) is 0 Å². The zero-order chi connectivity index (χ0) is 13.0. The Morgan fingerprint density at radius 3 is 2.94 bits per heavy atom. The second kappa shape index (κ2) is 6.32. The number of hydrogen-bond acceptors (Lipinski definition) is 3. The first kappa shape index (κ1) is 13.5. The number of nitrogens with zero attached hydrogens (tertiary/aromatic N) is 3. The molecule has 102 valence electrons. The average molecular weight is 250 g/mol. The largest absolute Gasteiger partial charge is 0.319 e. The van der Waals surface area contributed by atoms with E-state index in [1.54, 1.807) is 6.33 Å². The SMILES string of the molecule is CCn1ncnc1CC1CC(C)CCC1CNC. The highest BCUT2D eigenvalue weighted by Crippen LogP contribution is 2.35. The molecule has 1 heterocycles. The van der Waals surface area contributed by atoms with Gasteiger partial charge in [0.25, 0.3) is 0 Å². The summed E-state index contributed by atoms with van der Waals surface area (Å²) in [4.78, 5) is 4.43. The molecule has 1 saturated carbocycles. The summed E-state index contributed by atoms with van der Waals surface area (Å²) in [6.45, 7) is 6.58. The van der Waals surface area contributed by atoms with Crippen LogP contribution in [0.4, 0.5) is 0 Å². The van der Waals surface area contributed by atoms with Crippen LogP contribution in [0, 0.1) is 17.8 Å². The van der Waals surface area contributed by atoms with Crippen LogP contribution in [-0.4, -0.2) is 28.4 Å². The molecule has 1 fully saturated rings. The molecule has 0 aromatic carbocycles. The van der Waals surface area contributed by atoms with E-state index in [4.69, 9.17) is 0 Å². The van der Waals surface area contributed by atoms with Crippen LogP contribution in [0.1, 0.15) is 38.9 Å². The van der Waals surface area contributed by atoms with Crippen LogP contribution >= 0.6 is 0 Å². The predicted molar refractivity (Wildman–Crippen MR) is 73.3 cm³/mol. The summed E-state index contributed by atoms with van der Waals surface area (Å²) in [6.07, 6.45) is 6.85. The molecule has 1 aromatic rings. The van der Waals surface area contributed by atoms with Gasteiger partial charge >= 0.3 is 0 Å². The van der Waals surface area contributed by atoms with E-state index in [9.17, 15) is 0 Å². The Kier molecular flexibility index (Phi) is 4.75. The summed E-state index contributed by atoms with van der Waals surface area (Å²) >= 11 is 0. The van der Waals surface area contributed by atoms with Crippen LogP contribution in [0.3, 0.4) is 0 Å². The van der Waals surface area contributed by atoms with Crippen molar-refractivity contribution in [3.05, 3.63) is 12.2 Å². The van der Waals surface area contributed by atoms with Crippen LogP contribution < -0.4 is 5.32 Å². The molecule has 18 heavy (non-hydrogen) atoms. The van der Waals surface area contributed by atoms with Gasteiger partial charge in [-0.3, -0.25) is 4.68 Å². The lowest BCUT2D eigenvalue weighted by molar-refractivity contribution is 0.182. The van der Waals surface area contributed by atoms with Gasteiger partial charge in [0.15, 0.2) is 0 Å². The quantitative estimate of drug-likeness (QED) is 0.870. The predicted octanol–water partition coefficient (Wildman–Crippen LogP) is 2.11. The zero-order valence-electron chi connectivity index (χ0n) is 11.9. The summed E-state index contributed by atoms with van der Waals surface area (Å²) in [6, 6.07) is 0. The smallest absolute Gasteiger partial charge is 0.138 e. The monoisotopic (exact) mass is 250 g/mol. The summed E-state index contributed by atoms with van der Waals surface area (Å²) < 4.78 is 2.04. The van der Waals surface area contributed by atoms with Gasteiger partial charge in [-0.2, -0.15) is 5.10 Å². The third-order valence-electron chi connectivity index (χ3n) is 4.31. The van der Waals surface area contributed by atoms with E-state index >= 15 is 0 Å². The second-order valence-corrected chi connectivity index (χ2v) is 5.69. The molecule has 0 aliphatic heterocycles. The normalized spacial score (nSPS) is 28.5. The molecule has 4 heteroatoms. The number of aromatic nitrogens is 3. The first-order valence-corrected chi connectivity index (χ1v) is 7.25. The van der Waals surface area contributed by atoms with Crippen molar-refractivity contribution < 1.29 is 0 Å². The van der Waals surface area contributed by atoms with E-state index in [0.29, 0.717) is 0 Å². The van der Waals surface area contributed by atoms with Crippen molar-refractivity contribution in [3.8, 4) is 0 Å². The lowest BCUT2D eigenvalue weighted by Gasteiger charge is -2.34. The molecular formula is C14H26N4. The van der Waals surface area contributed by atoms with Crippen molar-refractivity contribution >= 4 is 0 Å². The highest BCUT2D eigenvalue weighted by Gasteiger charge is 2.29. The van der Waals surface area contributed by atoms with Crippen molar-refractivity contribution in [1.82, 2.24) is 20.1 Å². The summed E-state index contributed by atoms with van der Waals surface area (Å²) in [7, 11) is 2.06. The lowest BCUT2D eigenvalue weighted by atomic mass is 9.73. The Morgan fingerprint density at radius 1 is 1.39 bits per heavy atom. The van der Waals surface area contributed by atoms with Crippen molar-refractivity contribution in [2.75, 3.05) is 13.6 Å². The Labute approximate surface area is 110 Å². The van der Waals surface area contributed by atoms with E-state index in [-0.39, 0.29) is 0 Å². The lowest BCUT2D eigenvalue weighted by Crippen LogP contribution is -2.33. The fraction of sp³-hybridized carbons (Fsp3) is 0.857. The van der Waals surface area contributed by atoms with Gasteiger partial charge in [0, 0.05) is 13.0 Å². The Morgan fingerprint density at radius 2 is 2.22 bits per heavy atom. The van der Waals surface area contributed by atoms with Gasteiger partial charge in [0.05, 0.1) is 0 Å². The molecule has 1 aliphatic carbocycles. The number of hydrogen-bond donors (Lipinski definition) is 1. The minimum absolute atomic E-state index is 0.760. The second-order valence-electron chi connectivity index (χ2n) is 5.69. The summed E-state index contributed by atoms with van der Waals surface area (Å²) in [5.74, 6) is 3.59. The van der Waals surface area contributed by atoms with Crippen LogP contribution in [0.5, 0.6) is 0 Å². The molecule has 2 rings (SSSR count). The fourth-order valence-corrected chi connectivity index (χ4v) is 3.29. The van der Waals surface area contributed by atoms with Gasteiger partial charge in [-0.1, -0.05) is 13.3 Å². The first-order chi connectivity index (χ1) is 8.74. The van der Waals surface area contributed by atoms with Gasteiger partial charge in [-0.05, 0) is 51.1 Å². The molecule has 0 saturated heterocycles. The van der Waals surface area contributed by atoms with Crippen molar-refractivity contribution in [2.24, 2.45) is 17.8 Å². The fourth-order valence-electron chi connectivity index (χ4n) is 3.29. The van der Waals surface area contributed by atoms with E-state index in [1.807, 2.05) is 4.68 Å². The maximum atomic E-state index is 4.43. The molecular weight excluding hydrogens is 224 g/mol. The maximum Gasteiger partial charge on any atom is 0.138 e.